The van der Waals surface area contributed by atoms with E-state index in [-0.39, 0.29) is 41.3 Å². The van der Waals surface area contributed by atoms with Gasteiger partial charge in [0.05, 0.1) is 30.3 Å². The van der Waals surface area contributed by atoms with Crippen molar-refractivity contribution in [2.24, 2.45) is 0 Å². The van der Waals surface area contributed by atoms with Gasteiger partial charge in [-0.1, -0.05) is 42.5 Å². The maximum atomic E-state index is 15.5. The number of benzene rings is 4. The van der Waals surface area contributed by atoms with Crippen molar-refractivity contribution in [3.8, 4) is 16.9 Å². The molecule has 0 unspecified atom stereocenters. The van der Waals surface area contributed by atoms with Crippen LogP contribution >= 0.6 is 0 Å². The van der Waals surface area contributed by atoms with Crippen molar-refractivity contribution < 1.29 is 32.2 Å². The number of esters is 1. The first-order chi connectivity index (χ1) is 20.9. The van der Waals surface area contributed by atoms with Crippen molar-refractivity contribution in [3.63, 3.8) is 0 Å². The number of nitrogens with zero attached hydrogens (tertiary/aromatic N) is 2. The van der Waals surface area contributed by atoms with Gasteiger partial charge in [0.15, 0.2) is 5.82 Å². The van der Waals surface area contributed by atoms with Gasteiger partial charge in [-0.25, -0.2) is 22.9 Å². The topological polar surface area (TPSA) is 62.6 Å². The van der Waals surface area contributed by atoms with Crippen LogP contribution in [0, 0.1) is 17.5 Å². The van der Waals surface area contributed by atoms with Crippen LogP contribution in [0.25, 0.3) is 22.2 Å². The van der Waals surface area contributed by atoms with Crippen LogP contribution in [0.3, 0.4) is 0 Å². The van der Waals surface area contributed by atoms with Gasteiger partial charge in [-0.05, 0) is 66.4 Å². The monoisotopic (exact) mass is 586 g/mol. The molecule has 9 heteroatoms. The van der Waals surface area contributed by atoms with Crippen LogP contribution < -0.4 is 4.74 Å². The molecule has 4 aromatic carbocycles. The van der Waals surface area contributed by atoms with E-state index in [1.165, 1.54) is 6.07 Å². The van der Waals surface area contributed by atoms with Gasteiger partial charge in [0, 0.05) is 18.6 Å². The molecule has 1 aromatic heterocycles. The Balaban J connectivity index is 1.30. The number of rotatable bonds is 10. The third kappa shape index (κ3) is 6.12. The lowest BCUT2D eigenvalue weighted by atomic mass is 10.0. The molecule has 0 spiro atoms. The molecule has 6 rings (SSSR count). The van der Waals surface area contributed by atoms with Crippen LogP contribution in [0.4, 0.5) is 13.2 Å². The van der Waals surface area contributed by atoms with Gasteiger partial charge in [0.25, 0.3) is 0 Å². The van der Waals surface area contributed by atoms with E-state index >= 15 is 13.2 Å². The fourth-order valence-electron chi connectivity index (χ4n) is 5.14. The quantitative estimate of drug-likeness (QED) is 0.161. The summed E-state index contributed by atoms with van der Waals surface area (Å²) in [5.74, 6) is -1.74. The Kier molecular flexibility index (Phi) is 8.16. The van der Waals surface area contributed by atoms with Crippen LogP contribution in [-0.4, -0.2) is 34.8 Å². The van der Waals surface area contributed by atoms with Crippen LogP contribution in [0.5, 0.6) is 5.75 Å². The third-order valence-corrected chi connectivity index (χ3v) is 7.46. The first kappa shape index (κ1) is 28.5. The van der Waals surface area contributed by atoms with Gasteiger partial charge < -0.3 is 18.8 Å². The molecule has 1 aliphatic rings. The molecular formula is C34H29F3N2O4. The Morgan fingerprint density at radius 3 is 2.53 bits per heavy atom. The standard InChI is InChI=1S/C34H29F3N2O4/c1-2-41-34(40)24-15-30(37)33-31(16-24)39(19-26-11-12-42-26)32(38-33)17-23-14-29(36)27(18-28(23)35)22-9-6-10-25(13-22)43-20-21-7-4-3-5-8-21/h3-10,13-16,18,26H,2,11-12,17,19-20H2,1H3/t26-/m0/s1. The summed E-state index contributed by atoms with van der Waals surface area (Å²) in [6.45, 7) is 3.09. The number of carbonyl (C=O) groups is 1. The zero-order chi connectivity index (χ0) is 29.9. The molecule has 1 fully saturated rings. The Hall–Kier alpha value is -4.63. The van der Waals surface area contributed by atoms with E-state index in [2.05, 4.69) is 4.98 Å². The lowest BCUT2D eigenvalue weighted by molar-refractivity contribution is -0.0589. The molecule has 0 bridgehead atoms. The molecule has 0 radical (unpaired) electrons. The summed E-state index contributed by atoms with van der Waals surface area (Å²) in [5, 5.41) is 0. The van der Waals surface area contributed by atoms with E-state index in [1.54, 1.807) is 35.8 Å². The Morgan fingerprint density at radius 1 is 0.977 bits per heavy atom. The largest absolute Gasteiger partial charge is 0.489 e. The molecule has 0 amide bonds. The van der Waals surface area contributed by atoms with Crippen molar-refractivity contribution >= 4 is 17.0 Å². The highest BCUT2D eigenvalue weighted by Crippen LogP contribution is 2.31. The molecule has 0 N–H and O–H groups in total. The number of aromatic nitrogens is 2. The van der Waals surface area contributed by atoms with Gasteiger partial charge in [0.1, 0.15) is 35.3 Å². The maximum absolute atomic E-state index is 15.5. The van der Waals surface area contributed by atoms with E-state index in [0.717, 1.165) is 30.2 Å². The number of hydrogen-bond donors (Lipinski definition) is 0. The Bertz CT molecular complexity index is 1780. The minimum absolute atomic E-state index is 0.0344. The zero-order valence-corrected chi connectivity index (χ0v) is 23.5. The van der Waals surface area contributed by atoms with E-state index in [0.29, 0.717) is 42.4 Å². The Morgan fingerprint density at radius 2 is 1.79 bits per heavy atom. The highest BCUT2D eigenvalue weighted by atomic mass is 19.1. The highest BCUT2D eigenvalue weighted by Gasteiger charge is 2.25. The molecule has 6 nitrogen and oxygen atoms in total. The van der Waals surface area contributed by atoms with Crippen molar-refractivity contribution in [1.29, 1.82) is 0 Å². The van der Waals surface area contributed by atoms with Gasteiger partial charge in [-0.2, -0.15) is 0 Å². The van der Waals surface area contributed by atoms with E-state index in [4.69, 9.17) is 14.2 Å². The lowest BCUT2D eigenvalue weighted by Gasteiger charge is -2.27. The van der Waals surface area contributed by atoms with Crippen molar-refractivity contribution in [1.82, 2.24) is 9.55 Å². The number of carbonyl (C=O) groups excluding carboxylic acids is 1. The smallest absolute Gasteiger partial charge is 0.338 e. The van der Waals surface area contributed by atoms with Gasteiger partial charge in [-0.15, -0.1) is 0 Å². The predicted octanol–water partition coefficient (Wildman–Crippen LogP) is 7.26. The summed E-state index contributed by atoms with van der Waals surface area (Å²) in [6, 6.07) is 21.4. The number of halogens is 3. The second kappa shape index (κ2) is 12.3. The molecule has 2 heterocycles. The summed E-state index contributed by atoms with van der Waals surface area (Å²) in [6.07, 6.45) is 0.565. The Labute approximate surface area is 246 Å². The molecule has 1 atom stereocenters. The van der Waals surface area contributed by atoms with Gasteiger partial charge in [0.2, 0.25) is 0 Å². The van der Waals surface area contributed by atoms with Crippen molar-refractivity contribution in [2.75, 3.05) is 13.2 Å². The van der Waals surface area contributed by atoms with E-state index in [1.807, 2.05) is 30.3 Å². The van der Waals surface area contributed by atoms with Crippen LogP contribution in [-0.2, 0) is 29.0 Å². The summed E-state index contributed by atoms with van der Waals surface area (Å²) < 4.78 is 64.4. The average Bonchev–Trinajstić information content (AvgIpc) is 3.33. The lowest BCUT2D eigenvalue weighted by Crippen LogP contribution is -2.31. The van der Waals surface area contributed by atoms with Crippen molar-refractivity contribution in [3.05, 3.63) is 119 Å². The van der Waals surface area contributed by atoms with E-state index < -0.39 is 23.4 Å². The first-order valence-corrected chi connectivity index (χ1v) is 14.1. The summed E-state index contributed by atoms with van der Waals surface area (Å²) in [7, 11) is 0. The molecule has 0 aliphatic carbocycles. The number of imidazole rings is 1. The summed E-state index contributed by atoms with van der Waals surface area (Å²) in [4.78, 5) is 16.8. The number of fused-ring (bicyclic) bond motifs is 1. The molecular weight excluding hydrogens is 557 g/mol. The van der Waals surface area contributed by atoms with Crippen LogP contribution in [0.1, 0.15) is 40.7 Å². The third-order valence-electron chi connectivity index (χ3n) is 7.46. The molecule has 0 saturated carbocycles. The molecule has 220 valence electrons. The molecule has 1 saturated heterocycles. The zero-order valence-electron chi connectivity index (χ0n) is 23.5. The molecule has 5 aromatic rings. The second-order valence-electron chi connectivity index (χ2n) is 10.4. The minimum atomic E-state index is -0.702. The van der Waals surface area contributed by atoms with Gasteiger partial charge in [-0.3, -0.25) is 0 Å². The van der Waals surface area contributed by atoms with Crippen molar-refractivity contribution in [2.45, 2.75) is 39.0 Å². The SMILES string of the molecule is CCOC(=O)c1cc(F)c2nc(Cc3cc(F)c(-c4cccc(OCc5ccccc5)c4)cc3F)n(C[C@@H]3CCO3)c2c1. The van der Waals surface area contributed by atoms with E-state index in [9.17, 15) is 4.79 Å². The minimum Gasteiger partial charge on any atom is -0.489 e. The summed E-state index contributed by atoms with van der Waals surface area (Å²) >= 11 is 0. The fourth-order valence-corrected chi connectivity index (χ4v) is 5.14. The predicted molar refractivity (Wildman–Crippen MR) is 155 cm³/mol. The first-order valence-electron chi connectivity index (χ1n) is 14.1. The molecule has 1 aliphatic heterocycles. The number of hydrogen-bond acceptors (Lipinski definition) is 5. The molecule has 43 heavy (non-hydrogen) atoms. The normalized spacial score (nSPS) is 14.5. The summed E-state index contributed by atoms with van der Waals surface area (Å²) in [5.41, 5.74) is 2.05. The van der Waals surface area contributed by atoms with Crippen LogP contribution in [0.2, 0.25) is 0 Å². The number of ether oxygens (including phenoxy) is 3. The average molecular weight is 587 g/mol. The maximum Gasteiger partial charge on any atom is 0.338 e. The second-order valence-corrected chi connectivity index (χ2v) is 10.4. The highest BCUT2D eigenvalue weighted by molar-refractivity contribution is 5.94. The van der Waals surface area contributed by atoms with Crippen LogP contribution in [0.15, 0.2) is 78.9 Å². The fraction of sp³-hybridized carbons (Fsp3) is 0.235. The van der Waals surface area contributed by atoms with Gasteiger partial charge >= 0.3 is 5.97 Å².